The molecule has 290 valence electrons. The molecule has 5 aliphatic rings. The van der Waals surface area contributed by atoms with Gasteiger partial charge in [0.2, 0.25) is 21.8 Å². The maximum absolute atomic E-state index is 14.7. The minimum Gasteiger partial charge on any atom is -0.460 e. The summed E-state index contributed by atoms with van der Waals surface area (Å²) < 4.78 is 33.6. The van der Waals surface area contributed by atoms with E-state index >= 15 is 0 Å². The van der Waals surface area contributed by atoms with E-state index < -0.39 is 68.0 Å². The van der Waals surface area contributed by atoms with Crippen molar-refractivity contribution >= 4 is 51.0 Å². The van der Waals surface area contributed by atoms with Crippen molar-refractivity contribution in [1.82, 2.24) is 19.8 Å². The topological polar surface area (TPSA) is 159 Å². The van der Waals surface area contributed by atoms with Gasteiger partial charge in [0.1, 0.15) is 17.2 Å². The number of ether oxygens (including phenoxy) is 1. The van der Waals surface area contributed by atoms with Crippen LogP contribution in [0.15, 0.2) is 53.9 Å². The predicted octanol–water partition coefficient (Wildman–Crippen LogP) is 4.67. The predicted molar refractivity (Wildman–Crippen MR) is 203 cm³/mol. The summed E-state index contributed by atoms with van der Waals surface area (Å²) in [5.41, 5.74) is -0.659. The zero-order valence-corrected chi connectivity index (χ0v) is 32.8. The quantitative estimate of drug-likeness (QED) is 0.303. The van der Waals surface area contributed by atoms with E-state index in [1.54, 1.807) is 30.6 Å². The molecule has 2 saturated heterocycles. The summed E-state index contributed by atoms with van der Waals surface area (Å²) in [5, 5.41) is 4.17. The molecule has 4 heterocycles. The van der Waals surface area contributed by atoms with Crippen molar-refractivity contribution < 1.29 is 37.1 Å². The van der Waals surface area contributed by atoms with Crippen molar-refractivity contribution in [3.8, 4) is 10.4 Å². The van der Waals surface area contributed by atoms with Crippen LogP contribution in [-0.4, -0.2) is 89.9 Å². The van der Waals surface area contributed by atoms with Crippen LogP contribution in [0.25, 0.3) is 10.4 Å². The molecule has 14 heteroatoms. The second-order valence-electron chi connectivity index (χ2n) is 16.6. The van der Waals surface area contributed by atoms with Crippen LogP contribution < -0.4 is 10.0 Å². The number of nitrogens with one attached hydrogen (secondary N) is 2. The molecule has 2 aromatic rings. The van der Waals surface area contributed by atoms with Gasteiger partial charge < -0.3 is 19.9 Å². The van der Waals surface area contributed by atoms with Crippen LogP contribution in [-0.2, 0) is 33.9 Å². The van der Waals surface area contributed by atoms with Crippen LogP contribution in [0.4, 0.5) is 0 Å². The minimum absolute atomic E-state index is 0.129. The zero-order valence-electron chi connectivity index (χ0n) is 31.1. The molecule has 1 aromatic carbocycles. The number of nitrogens with zero attached hydrogens (tertiary/aromatic N) is 2. The third-order valence-electron chi connectivity index (χ3n) is 11.3. The SMILES string of the molecule is CC(C)(C)OC(=O)C[C@@H]1CCCCC/C=C\[C@@H]2C[C@@]2(C(=O)NS(=O)(=O)C2CC2)NC(=O)[C@@H]2[C@H]3CN(C(=O)c4csc(-c5ccccc5)c4)C[C@H]3CN2C1=O. The van der Waals surface area contributed by atoms with Crippen LogP contribution in [0.3, 0.4) is 0 Å². The van der Waals surface area contributed by atoms with E-state index in [9.17, 15) is 32.4 Å². The Morgan fingerprint density at radius 2 is 1.78 bits per heavy atom. The summed E-state index contributed by atoms with van der Waals surface area (Å²) in [6.45, 7) is 6.08. The number of carbonyl (C=O) groups excluding carboxylic acids is 5. The first-order valence-electron chi connectivity index (χ1n) is 19.2. The number of sulfonamides is 1. The first-order chi connectivity index (χ1) is 25.6. The van der Waals surface area contributed by atoms with Crippen molar-refractivity contribution in [3.63, 3.8) is 0 Å². The number of esters is 1. The van der Waals surface area contributed by atoms with Gasteiger partial charge in [-0.2, -0.15) is 0 Å². The molecule has 6 atom stereocenters. The van der Waals surface area contributed by atoms with Gasteiger partial charge in [0.05, 0.1) is 17.2 Å². The molecule has 1 aromatic heterocycles. The fourth-order valence-corrected chi connectivity index (χ4v) is 10.6. The van der Waals surface area contributed by atoms with Gasteiger partial charge in [0.15, 0.2) is 0 Å². The molecule has 0 radical (unpaired) electrons. The highest BCUT2D eigenvalue weighted by molar-refractivity contribution is 7.91. The second-order valence-corrected chi connectivity index (χ2v) is 19.5. The second kappa shape index (κ2) is 14.9. The monoisotopic (exact) mass is 778 g/mol. The molecule has 2 aliphatic carbocycles. The molecule has 4 amide bonds. The molecule has 0 spiro atoms. The normalized spacial score (nSPS) is 29.5. The smallest absolute Gasteiger partial charge is 0.307 e. The number of allylic oxidation sites excluding steroid dienone is 1. The number of benzene rings is 1. The van der Waals surface area contributed by atoms with E-state index in [2.05, 4.69) is 10.0 Å². The van der Waals surface area contributed by atoms with Crippen LogP contribution in [0.1, 0.15) is 88.9 Å². The number of thiophene rings is 1. The lowest BCUT2D eigenvalue weighted by molar-refractivity contribution is -0.159. The van der Waals surface area contributed by atoms with Gasteiger partial charge in [-0.3, -0.25) is 28.7 Å². The first kappa shape index (κ1) is 38.2. The average Bonchev–Trinajstić information content (AvgIpc) is 3.93. The van der Waals surface area contributed by atoms with Gasteiger partial charge in [0.25, 0.3) is 11.8 Å². The summed E-state index contributed by atoms with van der Waals surface area (Å²) >= 11 is 1.48. The number of rotatable bonds is 7. The number of hydrogen-bond donors (Lipinski definition) is 2. The van der Waals surface area contributed by atoms with Crippen LogP contribution in [0.5, 0.6) is 0 Å². The number of likely N-dealkylation sites (tertiary alicyclic amines) is 1. The molecule has 7 rings (SSSR count). The molecular weight excluding hydrogens is 729 g/mol. The Morgan fingerprint density at radius 3 is 2.50 bits per heavy atom. The first-order valence-corrected chi connectivity index (χ1v) is 21.6. The molecular formula is C40H50N4O8S2. The maximum atomic E-state index is 14.7. The van der Waals surface area contributed by atoms with Crippen LogP contribution in [0, 0.1) is 23.7 Å². The van der Waals surface area contributed by atoms with Gasteiger partial charge in [-0.15, -0.1) is 11.3 Å². The summed E-state index contributed by atoms with van der Waals surface area (Å²) in [5.74, 6) is -4.10. The minimum atomic E-state index is -3.89. The molecule has 12 nitrogen and oxygen atoms in total. The third-order valence-corrected chi connectivity index (χ3v) is 14.1. The third kappa shape index (κ3) is 8.14. The highest BCUT2D eigenvalue weighted by Crippen LogP contribution is 2.47. The molecule has 0 bridgehead atoms. The van der Waals surface area contributed by atoms with E-state index in [4.69, 9.17) is 4.74 Å². The van der Waals surface area contributed by atoms with Crippen molar-refractivity contribution in [3.05, 3.63) is 59.5 Å². The lowest BCUT2D eigenvalue weighted by atomic mass is 9.92. The highest BCUT2D eigenvalue weighted by atomic mass is 32.2. The number of fused-ring (bicyclic) bond motifs is 4. The van der Waals surface area contributed by atoms with Gasteiger partial charge >= 0.3 is 5.97 Å². The molecule has 2 N–H and O–H groups in total. The molecule has 3 aliphatic heterocycles. The number of carbonyl (C=O) groups is 5. The molecule has 2 saturated carbocycles. The summed E-state index contributed by atoms with van der Waals surface area (Å²) in [7, 11) is -3.89. The standard InChI is InChI=1S/C40H50N4O8S2/c1-39(2,3)52-33(45)19-26-14-8-5-4-6-11-15-29-20-40(29,38(49)42-54(50,51)30-16-17-30)41-35(46)34-31-23-43(21-28(31)22-44(34)37(26)48)36(47)27-18-32(53-24-27)25-12-9-7-10-13-25/h7,9-13,15,18,24,26,28-31,34H,4-6,8,14,16-17,19-23H2,1-3H3,(H,41,46)(H,42,49)/b15-11-/t26-,28-,29+,31-,34-,40+/m0/s1. The number of hydrogen-bond acceptors (Lipinski definition) is 9. The lowest BCUT2D eigenvalue weighted by Crippen LogP contribution is -2.58. The zero-order chi connectivity index (χ0) is 38.4. The maximum Gasteiger partial charge on any atom is 0.307 e. The Hall–Kier alpha value is -4.04. The van der Waals surface area contributed by atoms with Gasteiger partial charge in [-0.25, -0.2) is 8.42 Å². The number of amides is 4. The largest absolute Gasteiger partial charge is 0.460 e. The van der Waals surface area contributed by atoms with E-state index in [1.165, 1.54) is 11.3 Å². The highest BCUT2D eigenvalue weighted by Gasteiger charge is 2.63. The van der Waals surface area contributed by atoms with Gasteiger partial charge in [-0.1, -0.05) is 55.3 Å². The molecule has 0 unspecified atom stereocenters. The average molecular weight is 779 g/mol. The fourth-order valence-electron chi connectivity index (χ4n) is 8.34. The van der Waals surface area contributed by atoms with Gasteiger partial charge in [0, 0.05) is 53.6 Å². The van der Waals surface area contributed by atoms with Crippen LogP contribution >= 0.6 is 11.3 Å². The summed E-state index contributed by atoms with van der Waals surface area (Å²) in [6, 6.07) is 10.7. The molecule has 4 fully saturated rings. The Balaban J connectivity index is 1.17. The van der Waals surface area contributed by atoms with E-state index in [-0.39, 0.29) is 43.7 Å². The van der Waals surface area contributed by atoms with E-state index in [0.29, 0.717) is 44.2 Å². The van der Waals surface area contributed by atoms with Crippen molar-refractivity contribution in [2.75, 3.05) is 19.6 Å². The molecule has 54 heavy (non-hydrogen) atoms. The van der Waals surface area contributed by atoms with Crippen molar-refractivity contribution in [2.24, 2.45) is 23.7 Å². The Morgan fingerprint density at radius 1 is 1.02 bits per heavy atom. The Labute approximate surface area is 321 Å². The summed E-state index contributed by atoms with van der Waals surface area (Å²) in [4.78, 5) is 74.3. The fraction of sp³-hybridized carbons (Fsp3) is 0.575. The lowest BCUT2D eigenvalue weighted by Gasteiger charge is -2.33. The van der Waals surface area contributed by atoms with E-state index in [0.717, 1.165) is 23.3 Å². The van der Waals surface area contributed by atoms with E-state index in [1.807, 2.05) is 53.9 Å². The Bertz CT molecular complexity index is 1930. The van der Waals surface area contributed by atoms with Gasteiger partial charge in [-0.05, 0) is 70.9 Å². The van der Waals surface area contributed by atoms with Crippen LogP contribution in [0.2, 0.25) is 0 Å². The Kier molecular flexibility index (Phi) is 10.5. The summed E-state index contributed by atoms with van der Waals surface area (Å²) in [6.07, 6.45) is 8.41. The van der Waals surface area contributed by atoms with Crippen molar-refractivity contribution in [2.45, 2.75) is 101 Å². The van der Waals surface area contributed by atoms with Crippen molar-refractivity contribution in [1.29, 1.82) is 0 Å².